The van der Waals surface area contributed by atoms with E-state index in [1.807, 2.05) is 30.5 Å². The zero-order chi connectivity index (χ0) is 18.4. The van der Waals surface area contributed by atoms with Crippen LogP contribution in [0.15, 0.2) is 36.7 Å². The van der Waals surface area contributed by atoms with E-state index in [1.54, 1.807) is 10.9 Å². The summed E-state index contributed by atoms with van der Waals surface area (Å²) in [6.45, 7) is 2.22. The Bertz CT molecular complexity index is 764. The van der Waals surface area contributed by atoms with Gasteiger partial charge in [-0.05, 0) is 24.5 Å². The molecule has 1 aromatic heterocycles. The van der Waals surface area contributed by atoms with Crippen molar-refractivity contribution in [3.05, 3.63) is 42.2 Å². The smallest absolute Gasteiger partial charge is 0.250 e. The van der Waals surface area contributed by atoms with E-state index in [-0.39, 0.29) is 12.2 Å². The third kappa shape index (κ3) is 4.73. The van der Waals surface area contributed by atoms with E-state index in [1.165, 1.54) is 12.4 Å². The molecule has 0 saturated carbocycles. The number of nitrogens with one attached hydrogen (secondary N) is 1. The van der Waals surface area contributed by atoms with Gasteiger partial charge in [-0.15, -0.1) is 0 Å². The molecule has 0 aliphatic carbocycles. The highest BCUT2D eigenvalue weighted by Gasteiger charge is 2.33. The minimum atomic E-state index is -2.41. The lowest BCUT2D eigenvalue weighted by atomic mass is 9.88. The molecule has 4 N–H and O–H groups in total. The van der Waals surface area contributed by atoms with E-state index in [4.69, 9.17) is 10.9 Å². The van der Waals surface area contributed by atoms with E-state index in [0.717, 1.165) is 16.7 Å². The molecule has 0 fully saturated rings. The van der Waals surface area contributed by atoms with Crippen LogP contribution in [-0.4, -0.2) is 35.4 Å². The molecule has 2 unspecified atom stereocenters. The minimum Gasteiger partial charge on any atom is -0.772 e. The lowest BCUT2D eigenvalue weighted by Crippen LogP contribution is -2.42. The highest BCUT2D eigenvalue weighted by atomic mass is 32.2. The fourth-order valence-electron chi connectivity index (χ4n) is 2.61. The maximum Gasteiger partial charge on any atom is 0.250 e. The SMILES string of the molecule is CC(CCn1cc(-c2ccccc2CN)cn1)(CS(=O)[O-])C(=O)NO. The number of aromatic nitrogens is 2. The van der Waals surface area contributed by atoms with E-state index in [0.29, 0.717) is 13.1 Å². The van der Waals surface area contributed by atoms with Crippen LogP contribution in [0.4, 0.5) is 0 Å². The summed E-state index contributed by atoms with van der Waals surface area (Å²) in [5.74, 6) is -1.12. The molecule has 1 heterocycles. The topological polar surface area (TPSA) is 133 Å². The Kier molecular flexibility index (Phi) is 6.43. The van der Waals surface area contributed by atoms with Crippen LogP contribution in [0, 0.1) is 5.41 Å². The molecule has 0 bridgehead atoms. The number of carbonyl (C=O) groups excluding carboxylic acids is 1. The van der Waals surface area contributed by atoms with Crippen molar-refractivity contribution in [1.29, 1.82) is 0 Å². The second-order valence-corrected chi connectivity index (χ2v) is 6.95. The molecule has 0 saturated heterocycles. The molecule has 0 spiro atoms. The molecule has 8 nitrogen and oxygen atoms in total. The number of hydrogen-bond donors (Lipinski definition) is 3. The average molecular weight is 365 g/mol. The number of benzene rings is 1. The maximum absolute atomic E-state index is 11.8. The Labute approximate surface area is 148 Å². The Hall–Kier alpha value is -2.07. The van der Waals surface area contributed by atoms with Crippen LogP contribution in [0.1, 0.15) is 18.9 Å². The van der Waals surface area contributed by atoms with Gasteiger partial charge in [-0.25, -0.2) is 5.48 Å². The average Bonchev–Trinajstić information content (AvgIpc) is 3.07. The molecule has 9 heteroatoms. The fourth-order valence-corrected chi connectivity index (χ4v) is 3.41. The van der Waals surface area contributed by atoms with Crippen molar-refractivity contribution in [3.8, 4) is 11.1 Å². The summed E-state index contributed by atoms with van der Waals surface area (Å²) in [4.78, 5) is 11.8. The summed E-state index contributed by atoms with van der Waals surface area (Å²) < 4.78 is 23.7. The number of amides is 1. The van der Waals surface area contributed by atoms with Crippen LogP contribution in [0.2, 0.25) is 0 Å². The monoisotopic (exact) mass is 365 g/mol. The van der Waals surface area contributed by atoms with Gasteiger partial charge in [-0.2, -0.15) is 5.10 Å². The van der Waals surface area contributed by atoms with Crippen molar-refractivity contribution in [2.24, 2.45) is 11.1 Å². The van der Waals surface area contributed by atoms with Crippen LogP contribution >= 0.6 is 0 Å². The first kappa shape index (κ1) is 19.3. The molecule has 1 aromatic carbocycles. The molecule has 1 amide bonds. The lowest BCUT2D eigenvalue weighted by Gasteiger charge is -2.27. The summed E-state index contributed by atoms with van der Waals surface area (Å²) in [5.41, 5.74) is 8.91. The van der Waals surface area contributed by atoms with Gasteiger partial charge in [-0.3, -0.25) is 18.9 Å². The number of hydrogen-bond acceptors (Lipinski definition) is 6. The van der Waals surface area contributed by atoms with Crippen LogP contribution in [-0.2, 0) is 29.0 Å². The number of nitrogens with two attached hydrogens (primary N) is 1. The molecule has 0 aliphatic heterocycles. The van der Waals surface area contributed by atoms with E-state index in [2.05, 4.69) is 5.10 Å². The Morgan fingerprint density at radius 2 is 2.20 bits per heavy atom. The quantitative estimate of drug-likeness (QED) is 0.360. The second kappa shape index (κ2) is 8.34. The highest BCUT2D eigenvalue weighted by molar-refractivity contribution is 7.79. The number of nitrogens with zero attached hydrogens (tertiary/aromatic N) is 2. The first-order valence-electron chi connectivity index (χ1n) is 7.71. The third-order valence-corrected chi connectivity index (χ3v) is 5.03. The van der Waals surface area contributed by atoms with Crippen LogP contribution in [0.5, 0.6) is 0 Å². The zero-order valence-corrected chi connectivity index (χ0v) is 14.7. The van der Waals surface area contributed by atoms with Gasteiger partial charge in [0.2, 0.25) is 5.91 Å². The number of carbonyl (C=O) groups is 1. The number of rotatable bonds is 8. The normalized spacial score (nSPS) is 14.7. The molecule has 2 rings (SSSR count). The van der Waals surface area contributed by atoms with E-state index in [9.17, 15) is 13.6 Å². The zero-order valence-electron chi connectivity index (χ0n) is 13.8. The molecule has 25 heavy (non-hydrogen) atoms. The summed E-state index contributed by atoms with van der Waals surface area (Å²) in [5, 5.41) is 13.1. The van der Waals surface area contributed by atoms with Gasteiger partial charge in [0.1, 0.15) is 0 Å². The van der Waals surface area contributed by atoms with E-state index < -0.39 is 22.4 Å². The van der Waals surface area contributed by atoms with E-state index >= 15 is 0 Å². The largest absolute Gasteiger partial charge is 0.772 e. The summed E-state index contributed by atoms with van der Waals surface area (Å²) in [6, 6.07) is 7.72. The lowest BCUT2D eigenvalue weighted by molar-refractivity contribution is -0.138. The van der Waals surface area contributed by atoms with Gasteiger partial charge in [0, 0.05) is 30.6 Å². The molecule has 136 valence electrons. The van der Waals surface area contributed by atoms with Crippen LogP contribution in [0.3, 0.4) is 0 Å². The number of hydroxylamine groups is 1. The second-order valence-electron chi connectivity index (χ2n) is 6.05. The summed E-state index contributed by atoms with van der Waals surface area (Å²) in [7, 11) is 0. The van der Waals surface area contributed by atoms with Crippen molar-refractivity contribution in [1.82, 2.24) is 15.3 Å². The molecule has 2 atom stereocenters. The van der Waals surface area contributed by atoms with Crippen molar-refractivity contribution in [2.75, 3.05) is 5.75 Å². The van der Waals surface area contributed by atoms with Crippen LogP contribution < -0.4 is 11.2 Å². The minimum absolute atomic E-state index is 0.201. The first-order chi connectivity index (χ1) is 11.9. The Morgan fingerprint density at radius 1 is 1.48 bits per heavy atom. The van der Waals surface area contributed by atoms with Crippen molar-refractivity contribution >= 4 is 17.0 Å². The van der Waals surface area contributed by atoms with Crippen LogP contribution in [0.25, 0.3) is 11.1 Å². The van der Waals surface area contributed by atoms with Gasteiger partial charge < -0.3 is 10.3 Å². The van der Waals surface area contributed by atoms with Crippen molar-refractivity contribution in [2.45, 2.75) is 26.4 Å². The first-order valence-corrected chi connectivity index (χ1v) is 8.95. The standard InChI is InChI=1S/C16H22N4O4S/c1-16(11-25(23)24,15(21)19-22)6-7-20-10-13(9-18-20)14-5-3-2-4-12(14)8-17/h2-5,9-10,22H,6-8,11,17H2,1H3,(H,19,21)(H,23,24)/p-1. The van der Waals surface area contributed by atoms with Gasteiger partial charge >= 0.3 is 0 Å². The fraction of sp³-hybridized carbons (Fsp3) is 0.375. The Balaban J connectivity index is 2.15. The maximum atomic E-state index is 11.8. The van der Waals surface area contributed by atoms with Gasteiger partial charge in [-0.1, -0.05) is 35.3 Å². The molecular weight excluding hydrogens is 344 g/mol. The third-order valence-electron chi connectivity index (χ3n) is 4.16. The highest BCUT2D eigenvalue weighted by Crippen LogP contribution is 2.26. The Morgan fingerprint density at radius 3 is 2.84 bits per heavy atom. The van der Waals surface area contributed by atoms with Gasteiger partial charge in [0.05, 0.1) is 11.6 Å². The summed E-state index contributed by atoms with van der Waals surface area (Å²) in [6.07, 6.45) is 3.72. The predicted octanol–water partition coefficient (Wildman–Crippen LogP) is 0.790. The molecular formula is C16H21N4O4S-. The van der Waals surface area contributed by atoms with Gasteiger partial charge in [0.15, 0.2) is 0 Å². The molecule has 2 aromatic rings. The predicted molar refractivity (Wildman–Crippen MR) is 92.0 cm³/mol. The van der Waals surface area contributed by atoms with Gasteiger partial charge in [0.25, 0.3) is 0 Å². The van der Waals surface area contributed by atoms with Crippen molar-refractivity contribution < 1.29 is 18.8 Å². The van der Waals surface area contributed by atoms with Crippen molar-refractivity contribution in [3.63, 3.8) is 0 Å². The number of aryl methyl sites for hydroxylation is 1. The molecule has 0 aliphatic rings. The summed E-state index contributed by atoms with van der Waals surface area (Å²) >= 11 is -2.41. The molecule has 0 radical (unpaired) electrons.